The Morgan fingerprint density at radius 1 is 1.12 bits per heavy atom. The van der Waals surface area contributed by atoms with E-state index >= 15 is 0 Å². The monoisotopic (exact) mass is 433 g/mol. The minimum Gasteiger partial charge on any atom is -0.481 e. The number of tetrazole rings is 1. The number of carbonyl (C=O) groups excluding carboxylic acids is 1. The van der Waals surface area contributed by atoms with Gasteiger partial charge in [0, 0.05) is 6.42 Å². The molecule has 1 heterocycles. The molecule has 3 N–H and O–H groups in total. The smallest absolute Gasteiger partial charge is 0.304 e. The summed E-state index contributed by atoms with van der Waals surface area (Å²) < 4.78 is 0. The first-order valence-corrected chi connectivity index (χ1v) is 10.9. The van der Waals surface area contributed by atoms with Gasteiger partial charge in [-0.1, -0.05) is 66.9 Å². The molecule has 0 saturated heterocycles. The number of amides is 1. The summed E-state index contributed by atoms with van der Waals surface area (Å²) in [7, 11) is 0. The van der Waals surface area contributed by atoms with Gasteiger partial charge in [-0.15, -0.1) is 5.10 Å². The highest BCUT2D eigenvalue weighted by Gasteiger charge is 2.43. The van der Waals surface area contributed by atoms with Crippen LogP contribution in [0.3, 0.4) is 0 Å². The Labute approximate surface area is 186 Å². The second kappa shape index (κ2) is 9.30. The first-order valence-electron chi connectivity index (χ1n) is 10.9. The first-order chi connectivity index (χ1) is 15.4. The number of H-pyrrole nitrogens is 1. The van der Waals surface area contributed by atoms with Gasteiger partial charge in [0.1, 0.15) is 0 Å². The van der Waals surface area contributed by atoms with Crippen LogP contribution in [0, 0.1) is 12.3 Å². The molecular formula is C24H27N5O3. The number of carboxylic acids is 1. The molecule has 1 atom stereocenters. The number of hydrogen-bond donors (Lipinski definition) is 3. The van der Waals surface area contributed by atoms with E-state index in [0.717, 1.165) is 29.5 Å². The molecule has 1 aliphatic rings. The number of nitrogens with one attached hydrogen (secondary N) is 2. The number of benzene rings is 2. The summed E-state index contributed by atoms with van der Waals surface area (Å²) in [6, 6.07) is 16.0. The Hall–Kier alpha value is -3.55. The van der Waals surface area contributed by atoms with Gasteiger partial charge in [-0.3, -0.25) is 9.59 Å². The Morgan fingerprint density at radius 2 is 1.88 bits per heavy atom. The molecule has 32 heavy (non-hydrogen) atoms. The fourth-order valence-electron chi connectivity index (χ4n) is 4.56. The maximum atomic E-state index is 13.2. The van der Waals surface area contributed by atoms with Gasteiger partial charge in [-0.2, -0.15) is 0 Å². The third-order valence-electron chi connectivity index (χ3n) is 6.27. The van der Waals surface area contributed by atoms with E-state index in [9.17, 15) is 14.7 Å². The lowest BCUT2D eigenvalue weighted by atomic mass is 9.81. The number of carbonyl (C=O) groups is 2. The summed E-state index contributed by atoms with van der Waals surface area (Å²) in [6.45, 7) is 2.07. The SMILES string of the molecule is Cc1cccc(-c2ccc(CC(NC(=O)C3(CC(=O)O)CCCC3)c3nnn[nH]3)cc2)c1. The molecule has 1 saturated carbocycles. The average molecular weight is 434 g/mol. The summed E-state index contributed by atoms with van der Waals surface area (Å²) in [4.78, 5) is 24.6. The number of rotatable bonds is 8. The zero-order chi connectivity index (χ0) is 22.6. The summed E-state index contributed by atoms with van der Waals surface area (Å²) in [5.74, 6) is -0.744. The normalized spacial score (nSPS) is 15.9. The van der Waals surface area contributed by atoms with E-state index < -0.39 is 17.4 Å². The Bertz CT molecular complexity index is 1070. The van der Waals surface area contributed by atoms with E-state index in [4.69, 9.17) is 0 Å². The second-order valence-corrected chi connectivity index (χ2v) is 8.64. The van der Waals surface area contributed by atoms with Gasteiger partial charge < -0.3 is 10.4 Å². The van der Waals surface area contributed by atoms with E-state index in [1.54, 1.807) is 0 Å². The molecule has 0 radical (unpaired) electrons. The molecule has 3 aromatic rings. The van der Waals surface area contributed by atoms with Gasteiger partial charge in [-0.05, 0) is 46.9 Å². The highest BCUT2D eigenvalue weighted by Crippen LogP contribution is 2.42. The zero-order valence-corrected chi connectivity index (χ0v) is 18.0. The molecule has 1 aliphatic carbocycles. The number of aryl methyl sites for hydroxylation is 1. The lowest BCUT2D eigenvalue weighted by molar-refractivity contribution is -0.145. The van der Waals surface area contributed by atoms with Crippen LogP contribution < -0.4 is 5.32 Å². The van der Waals surface area contributed by atoms with Gasteiger partial charge >= 0.3 is 5.97 Å². The van der Waals surface area contributed by atoms with E-state index in [2.05, 4.69) is 63.2 Å². The van der Waals surface area contributed by atoms with Crippen LogP contribution in [0.2, 0.25) is 0 Å². The van der Waals surface area contributed by atoms with Gasteiger partial charge in [0.15, 0.2) is 5.82 Å². The Kier molecular flexibility index (Phi) is 6.30. The van der Waals surface area contributed by atoms with Crippen molar-refractivity contribution in [2.75, 3.05) is 0 Å². The predicted molar refractivity (Wildman–Crippen MR) is 119 cm³/mol. The van der Waals surface area contributed by atoms with Crippen LogP contribution in [-0.4, -0.2) is 37.6 Å². The van der Waals surface area contributed by atoms with Crippen molar-refractivity contribution in [2.24, 2.45) is 5.41 Å². The molecule has 1 unspecified atom stereocenters. The van der Waals surface area contributed by atoms with E-state index in [1.165, 1.54) is 5.56 Å². The molecule has 1 amide bonds. The largest absolute Gasteiger partial charge is 0.481 e. The summed E-state index contributed by atoms with van der Waals surface area (Å²) in [6.07, 6.45) is 3.20. The number of carboxylic acid groups (broad SMARTS) is 1. The molecule has 0 spiro atoms. The summed E-state index contributed by atoms with van der Waals surface area (Å²) in [5, 5.41) is 26.4. The van der Waals surface area contributed by atoms with Crippen LogP contribution in [0.5, 0.6) is 0 Å². The minimum atomic E-state index is -0.952. The number of aliphatic carboxylic acids is 1. The van der Waals surface area contributed by atoms with E-state index in [-0.39, 0.29) is 12.3 Å². The third kappa shape index (κ3) is 4.85. The predicted octanol–water partition coefficient (Wildman–Crippen LogP) is 3.61. The molecule has 2 aromatic carbocycles. The Morgan fingerprint density at radius 3 is 2.50 bits per heavy atom. The quantitative estimate of drug-likeness (QED) is 0.499. The van der Waals surface area contributed by atoms with Crippen LogP contribution in [0.4, 0.5) is 0 Å². The maximum absolute atomic E-state index is 13.2. The fourth-order valence-corrected chi connectivity index (χ4v) is 4.56. The maximum Gasteiger partial charge on any atom is 0.304 e. The molecule has 0 aliphatic heterocycles. The van der Waals surface area contributed by atoms with Crippen LogP contribution in [0.1, 0.15) is 55.1 Å². The highest BCUT2D eigenvalue weighted by atomic mass is 16.4. The number of nitrogens with zero attached hydrogens (tertiary/aromatic N) is 3. The lowest BCUT2D eigenvalue weighted by Crippen LogP contribution is -2.43. The fraction of sp³-hybridized carbons (Fsp3) is 0.375. The topological polar surface area (TPSA) is 121 Å². The number of hydrogen-bond acceptors (Lipinski definition) is 5. The molecular weight excluding hydrogens is 406 g/mol. The lowest BCUT2D eigenvalue weighted by Gasteiger charge is -2.28. The Balaban J connectivity index is 1.53. The highest BCUT2D eigenvalue weighted by molar-refractivity contribution is 5.87. The van der Waals surface area contributed by atoms with Crippen LogP contribution >= 0.6 is 0 Å². The molecule has 1 fully saturated rings. The molecule has 1 aromatic heterocycles. The van der Waals surface area contributed by atoms with E-state index in [1.807, 2.05) is 18.2 Å². The molecule has 166 valence electrons. The third-order valence-corrected chi connectivity index (χ3v) is 6.27. The van der Waals surface area contributed by atoms with Gasteiger partial charge in [0.2, 0.25) is 5.91 Å². The molecule has 0 bridgehead atoms. The standard InChI is InChI=1S/C24H27N5O3/c1-16-5-4-6-19(13-16)18-9-7-17(8-10-18)14-20(22-26-28-29-27-22)25-23(32)24(15-21(30)31)11-2-3-12-24/h4-10,13,20H,2-3,11-12,14-15H2,1H3,(H,25,32)(H,30,31)(H,26,27,28,29). The van der Waals surface area contributed by atoms with Crippen molar-refractivity contribution in [3.8, 4) is 11.1 Å². The van der Waals surface area contributed by atoms with Crippen LogP contribution in [0.25, 0.3) is 11.1 Å². The summed E-state index contributed by atoms with van der Waals surface area (Å²) >= 11 is 0. The average Bonchev–Trinajstić information content (AvgIpc) is 3.46. The second-order valence-electron chi connectivity index (χ2n) is 8.64. The van der Waals surface area contributed by atoms with Gasteiger partial charge in [0.25, 0.3) is 0 Å². The number of aromatic amines is 1. The van der Waals surface area contributed by atoms with Gasteiger partial charge in [-0.25, -0.2) is 5.10 Å². The van der Waals surface area contributed by atoms with Crippen molar-refractivity contribution in [2.45, 2.75) is 51.5 Å². The molecule has 8 heteroatoms. The van der Waals surface area contributed by atoms with Crippen molar-refractivity contribution in [3.63, 3.8) is 0 Å². The van der Waals surface area contributed by atoms with E-state index in [0.29, 0.717) is 25.1 Å². The first kappa shape index (κ1) is 21.7. The molecule has 8 nitrogen and oxygen atoms in total. The van der Waals surface area contributed by atoms with Crippen LogP contribution in [-0.2, 0) is 16.0 Å². The minimum absolute atomic E-state index is 0.161. The van der Waals surface area contributed by atoms with Crippen molar-refractivity contribution >= 4 is 11.9 Å². The molecule has 4 rings (SSSR count). The number of aromatic nitrogens is 4. The zero-order valence-electron chi connectivity index (χ0n) is 18.0. The summed E-state index contributed by atoms with van der Waals surface area (Å²) in [5.41, 5.74) is 3.62. The van der Waals surface area contributed by atoms with Crippen molar-refractivity contribution in [1.29, 1.82) is 0 Å². The van der Waals surface area contributed by atoms with Crippen LogP contribution in [0.15, 0.2) is 48.5 Å². The van der Waals surface area contributed by atoms with Crippen molar-refractivity contribution in [3.05, 3.63) is 65.5 Å². The van der Waals surface area contributed by atoms with Crippen molar-refractivity contribution in [1.82, 2.24) is 25.9 Å². The van der Waals surface area contributed by atoms with Crippen molar-refractivity contribution < 1.29 is 14.7 Å². The van der Waals surface area contributed by atoms with Gasteiger partial charge in [0.05, 0.1) is 17.9 Å².